The first-order valence-electron chi connectivity index (χ1n) is 9.81. The monoisotopic (exact) mass is 437 g/mol. The van der Waals surface area contributed by atoms with Gasteiger partial charge >= 0.3 is 0 Å². The van der Waals surface area contributed by atoms with Gasteiger partial charge in [0.25, 0.3) is 5.91 Å². The van der Waals surface area contributed by atoms with Crippen LogP contribution in [0.2, 0.25) is 0 Å². The van der Waals surface area contributed by atoms with E-state index in [0.29, 0.717) is 13.0 Å². The molecule has 1 fully saturated rings. The minimum absolute atomic E-state index is 0.0437. The summed E-state index contributed by atoms with van der Waals surface area (Å²) in [6.07, 6.45) is 3.73. The van der Waals surface area contributed by atoms with Gasteiger partial charge in [-0.2, -0.15) is 4.31 Å². The van der Waals surface area contributed by atoms with Gasteiger partial charge in [-0.25, -0.2) is 12.8 Å². The second-order valence-corrected chi connectivity index (χ2v) is 10.3. The SMILES string of the molecule is O=C(NC[C@H]1CCCCN1)c1sccc1S(=O)(=O)N1CCc2cc(F)ccc2C1. The Morgan fingerprint density at radius 2 is 2.14 bits per heavy atom. The molecule has 2 aromatic rings. The number of amides is 1. The van der Waals surface area contributed by atoms with Crippen LogP contribution in [0.3, 0.4) is 0 Å². The maximum absolute atomic E-state index is 13.4. The van der Waals surface area contributed by atoms with Crippen molar-refractivity contribution in [1.29, 1.82) is 0 Å². The Kier molecular flexibility index (Phi) is 6.00. The zero-order valence-electron chi connectivity index (χ0n) is 16.0. The van der Waals surface area contributed by atoms with Crippen LogP contribution in [0, 0.1) is 5.82 Å². The highest BCUT2D eigenvalue weighted by atomic mass is 32.2. The van der Waals surface area contributed by atoms with E-state index in [4.69, 9.17) is 0 Å². The summed E-state index contributed by atoms with van der Waals surface area (Å²) in [5, 5.41) is 7.87. The molecule has 156 valence electrons. The summed E-state index contributed by atoms with van der Waals surface area (Å²) in [5.41, 5.74) is 1.63. The molecule has 2 aliphatic heterocycles. The largest absolute Gasteiger partial charge is 0.350 e. The lowest BCUT2D eigenvalue weighted by Crippen LogP contribution is -2.43. The van der Waals surface area contributed by atoms with Gasteiger partial charge in [0.1, 0.15) is 15.6 Å². The third kappa shape index (κ3) is 4.37. The van der Waals surface area contributed by atoms with Crippen molar-refractivity contribution in [3.05, 3.63) is 51.5 Å². The number of benzene rings is 1. The van der Waals surface area contributed by atoms with E-state index in [0.717, 1.165) is 48.3 Å². The van der Waals surface area contributed by atoms with E-state index in [-0.39, 0.29) is 40.6 Å². The summed E-state index contributed by atoms with van der Waals surface area (Å²) >= 11 is 1.13. The highest BCUT2D eigenvalue weighted by Gasteiger charge is 2.32. The number of rotatable bonds is 5. The first-order chi connectivity index (χ1) is 13.9. The van der Waals surface area contributed by atoms with Crippen molar-refractivity contribution in [1.82, 2.24) is 14.9 Å². The Bertz CT molecular complexity index is 1000. The summed E-state index contributed by atoms with van der Waals surface area (Å²) < 4.78 is 41.2. The Balaban J connectivity index is 1.49. The lowest BCUT2D eigenvalue weighted by molar-refractivity contribution is 0.0948. The number of nitrogens with one attached hydrogen (secondary N) is 2. The molecule has 0 unspecified atom stereocenters. The zero-order chi connectivity index (χ0) is 20.4. The minimum Gasteiger partial charge on any atom is -0.350 e. The van der Waals surface area contributed by atoms with E-state index in [2.05, 4.69) is 10.6 Å². The van der Waals surface area contributed by atoms with Gasteiger partial charge in [0.2, 0.25) is 10.0 Å². The predicted octanol–water partition coefficient (Wildman–Crippen LogP) is 2.51. The van der Waals surface area contributed by atoms with Crippen molar-refractivity contribution < 1.29 is 17.6 Å². The Morgan fingerprint density at radius 1 is 1.28 bits per heavy atom. The Labute approximate surface area is 174 Å². The zero-order valence-corrected chi connectivity index (χ0v) is 17.6. The van der Waals surface area contributed by atoms with Gasteiger partial charge in [0.05, 0.1) is 0 Å². The molecule has 1 atom stereocenters. The van der Waals surface area contributed by atoms with Crippen molar-refractivity contribution in [2.45, 2.75) is 43.2 Å². The molecule has 29 heavy (non-hydrogen) atoms. The van der Waals surface area contributed by atoms with Gasteiger partial charge in [0.15, 0.2) is 0 Å². The molecular weight excluding hydrogens is 413 g/mol. The summed E-state index contributed by atoms with van der Waals surface area (Å²) in [6.45, 7) is 1.88. The fraction of sp³-hybridized carbons (Fsp3) is 0.450. The third-order valence-electron chi connectivity index (χ3n) is 5.52. The van der Waals surface area contributed by atoms with Crippen molar-refractivity contribution in [3.63, 3.8) is 0 Å². The van der Waals surface area contributed by atoms with Gasteiger partial charge in [-0.1, -0.05) is 12.5 Å². The molecule has 2 N–H and O–H groups in total. The molecule has 1 aromatic heterocycles. The highest BCUT2D eigenvalue weighted by Crippen LogP contribution is 2.29. The lowest BCUT2D eigenvalue weighted by atomic mass is 10.0. The van der Waals surface area contributed by atoms with E-state index in [1.165, 1.54) is 22.5 Å². The van der Waals surface area contributed by atoms with E-state index >= 15 is 0 Å². The fourth-order valence-electron chi connectivity index (χ4n) is 3.90. The number of sulfonamides is 1. The molecule has 3 heterocycles. The van der Waals surface area contributed by atoms with Crippen molar-refractivity contribution in [2.24, 2.45) is 0 Å². The molecule has 2 aliphatic rings. The van der Waals surface area contributed by atoms with E-state index < -0.39 is 10.0 Å². The maximum atomic E-state index is 13.4. The van der Waals surface area contributed by atoms with E-state index in [1.54, 1.807) is 11.4 Å². The highest BCUT2D eigenvalue weighted by molar-refractivity contribution is 7.89. The average molecular weight is 438 g/mol. The number of hydrogen-bond acceptors (Lipinski definition) is 5. The minimum atomic E-state index is -3.82. The number of carbonyl (C=O) groups excluding carboxylic acids is 1. The standard InChI is InChI=1S/C20H24FN3O3S2/c21-16-5-4-15-13-24(9-6-14(15)11-16)29(26,27)18-7-10-28-19(18)20(25)23-12-17-3-1-2-8-22-17/h4-5,7,10-11,17,22H,1-3,6,8-9,12-13H2,(H,23,25)/t17-/m1/s1. The summed E-state index contributed by atoms with van der Waals surface area (Å²) in [6, 6.07) is 6.16. The molecule has 9 heteroatoms. The quantitative estimate of drug-likeness (QED) is 0.754. The van der Waals surface area contributed by atoms with Gasteiger partial charge in [0, 0.05) is 25.7 Å². The van der Waals surface area contributed by atoms with Crippen molar-refractivity contribution >= 4 is 27.3 Å². The third-order valence-corrected chi connectivity index (χ3v) is 8.45. The molecule has 0 aliphatic carbocycles. The number of fused-ring (bicyclic) bond motifs is 1. The second kappa shape index (κ2) is 8.51. The molecule has 1 aromatic carbocycles. The fourth-order valence-corrected chi connectivity index (χ4v) is 6.64. The molecule has 0 saturated carbocycles. The smallest absolute Gasteiger partial charge is 0.262 e. The van der Waals surface area contributed by atoms with Crippen LogP contribution in [-0.2, 0) is 23.0 Å². The predicted molar refractivity (Wildman–Crippen MR) is 110 cm³/mol. The van der Waals surface area contributed by atoms with Crippen LogP contribution in [0.4, 0.5) is 4.39 Å². The number of thiophene rings is 1. The topological polar surface area (TPSA) is 78.5 Å². The number of halogens is 1. The Hall–Kier alpha value is -1.81. The van der Waals surface area contributed by atoms with Crippen LogP contribution in [0.5, 0.6) is 0 Å². The molecule has 1 saturated heterocycles. The number of carbonyl (C=O) groups is 1. The lowest BCUT2D eigenvalue weighted by Gasteiger charge is -2.28. The summed E-state index contributed by atoms with van der Waals surface area (Å²) in [5.74, 6) is -0.672. The van der Waals surface area contributed by atoms with Gasteiger partial charge in [-0.05, 0) is 60.5 Å². The van der Waals surface area contributed by atoms with Crippen LogP contribution in [0.15, 0.2) is 34.5 Å². The molecule has 1 amide bonds. The normalized spacial score (nSPS) is 20.2. The van der Waals surface area contributed by atoms with Gasteiger partial charge in [-0.3, -0.25) is 4.79 Å². The van der Waals surface area contributed by atoms with Crippen molar-refractivity contribution in [3.8, 4) is 0 Å². The maximum Gasteiger partial charge on any atom is 0.262 e. The molecular formula is C20H24FN3O3S2. The van der Waals surface area contributed by atoms with Crippen LogP contribution >= 0.6 is 11.3 Å². The van der Waals surface area contributed by atoms with Crippen LogP contribution in [0.25, 0.3) is 0 Å². The first-order valence-corrected chi connectivity index (χ1v) is 12.1. The number of hydrogen-bond donors (Lipinski definition) is 2. The van der Waals surface area contributed by atoms with E-state index in [1.807, 2.05) is 0 Å². The number of nitrogens with zero attached hydrogens (tertiary/aromatic N) is 1. The van der Waals surface area contributed by atoms with Crippen LogP contribution < -0.4 is 10.6 Å². The molecule has 4 rings (SSSR count). The van der Waals surface area contributed by atoms with Crippen LogP contribution in [0.1, 0.15) is 40.1 Å². The second-order valence-electron chi connectivity index (χ2n) is 7.47. The summed E-state index contributed by atoms with van der Waals surface area (Å²) in [4.78, 5) is 12.9. The first kappa shape index (κ1) is 20.5. The number of piperidine rings is 1. The van der Waals surface area contributed by atoms with Crippen molar-refractivity contribution in [2.75, 3.05) is 19.6 Å². The summed E-state index contributed by atoms with van der Waals surface area (Å²) in [7, 11) is -3.82. The average Bonchev–Trinajstić information content (AvgIpc) is 3.23. The van der Waals surface area contributed by atoms with Gasteiger partial charge < -0.3 is 10.6 Å². The van der Waals surface area contributed by atoms with Crippen LogP contribution in [-0.4, -0.2) is 44.3 Å². The molecule has 6 nitrogen and oxygen atoms in total. The molecule has 0 spiro atoms. The molecule has 0 bridgehead atoms. The van der Waals surface area contributed by atoms with E-state index in [9.17, 15) is 17.6 Å². The van der Waals surface area contributed by atoms with Gasteiger partial charge in [-0.15, -0.1) is 11.3 Å². The Morgan fingerprint density at radius 3 is 2.93 bits per heavy atom. The molecule has 0 radical (unpaired) electrons.